The van der Waals surface area contributed by atoms with Crippen LogP contribution >= 0.6 is 11.6 Å². The highest BCUT2D eigenvalue weighted by molar-refractivity contribution is 6.28. The van der Waals surface area contributed by atoms with Crippen LogP contribution < -0.4 is 5.73 Å². The number of hydrogen-bond donors (Lipinski definition) is 1. The largest absolute Gasteiger partial charge is 0.366 e. The smallest absolute Gasteiger partial charge is 0.248 e. The predicted octanol–water partition coefficient (Wildman–Crippen LogP) is 1.82. The van der Waals surface area contributed by atoms with Crippen LogP contribution in [-0.4, -0.2) is 15.9 Å². The number of amides is 1. The summed E-state index contributed by atoms with van der Waals surface area (Å²) in [7, 11) is 0. The molecule has 0 radical (unpaired) electrons. The first-order valence-corrected chi connectivity index (χ1v) is 5.40. The van der Waals surface area contributed by atoms with Gasteiger partial charge in [-0.05, 0) is 29.3 Å². The quantitative estimate of drug-likeness (QED) is 0.841. The van der Waals surface area contributed by atoms with Crippen molar-refractivity contribution in [1.82, 2.24) is 9.97 Å². The Morgan fingerprint density at radius 1 is 1.29 bits per heavy atom. The fourth-order valence-electron chi connectivity index (χ4n) is 1.58. The van der Waals surface area contributed by atoms with Crippen LogP contribution in [0.15, 0.2) is 36.5 Å². The lowest BCUT2D eigenvalue weighted by Gasteiger charge is -2.05. The lowest BCUT2D eigenvalue weighted by molar-refractivity contribution is 0.0999. The van der Waals surface area contributed by atoms with E-state index in [4.69, 9.17) is 17.3 Å². The van der Waals surface area contributed by atoms with Crippen LogP contribution in [0.3, 0.4) is 0 Å². The zero-order chi connectivity index (χ0) is 12.3. The van der Waals surface area contributed by atoms with Crippen molar-refractivity contribution in [3.63, 3.8) is 0 Å². The maximum absolute atomic E-state index is 11.2. The minimum Gasteiger partial charge on any atom is -0.366 e. The number of nitrogens with two attached hydrogens (primary N) is 1. The van der Waals surface area contributed by atoms with Crippen LogP contribution in [0.5, 0.6) is 0 Å². The molecule has 0 bridgehead atoms. The lowest BCUT2D eigenvalue weighted by Crippen LogP contribution is -2.14. The SMILES string of the molecule is NC(=O)c1ccccc1Cc1ccnc(Cl)n1. The molecule has 2 aromatic rings. The molecule has 0 unspecified atom stereocenters. The van der Waals surface area contributed by atoms with Gasteiger partial charge in [-0.15, -0.1) is 0 Å². The molecule has 0 spiro atoms. The zero-order valence-corrected chi connectivity index (χ0v) is 9.69. The van der Waals surface area contributed by atoms with Gasteiger partial charge in [0.05, 0.1) is 0 Å². The Balaban J connectivity index is 2.33. The Kier molecular flexibility index (Phi) is 3.35. The Morgan fingerprint density at radius 2 is 2.06 bits per heavy atom. The number of rotatable bonds is 3. The van der Waals surface area contributed by atoms with Crippen molar-refractivity contribution in [3.8, 4) is 0 Å². The summed E-state index contributed by atoms with van der Waals surface area (Å²) in [6.07, 6.45) is 2.08. The van der Waals surface area contributed by atoms with E-state index in [-0.39, 0.29) is 5.28 Å². The number of halogens is 1. The molecule has 1 amide bonds. The van der Waals surface area contributed by atoms with Crippen LogP contribution in [-0.2, 0) is 6.42 Å². The molecule has 86 valence electrons. The van der Waals surface area contributed by atoms with Gasteiger partial charge in [-0.25, -0.2) is 9.97 Å². The van der Waals surface area contributed by atoms with E-state index in [1.165, 1.54) is 0 Å². The summed E-state index contributed by atoms with van der Waals surface area (Å²) in [6, 6.07) is 8.92. The van der Waals surface area contributed by atoms with Crippen LogP contribution in [0, 0.1) is 0 Å². The number of benzene rings is 1. The van der Waals surface area contributed by atoms with Crippen LogP contribution in [0.25, 0.3) is 0 Å². The Bertz CT molecular complexity index is 557. The van der Waals surface area contributed by atoms with Crippen LogP contribution in [0.2, 0.25) is 5.28 Å². The molecule has 1 aromatic carbocycles. The maximum Gasteiger partial charge on any atom is 0.248 e. The fourth-order valence-corrected chi connectivity index (χ4v) is 1.74. The molecular formula is C12H10ClN3O. The Morgan fingerprint density at radius 3 is 2.76 bits per heavy atom. The predicted molar refractivity (Wildman–Crippen MR) is 64.8 cm³/mol. The molecule has 2 rings (SSSR count). The van der Waals surface area contributed by atoms with Gasteiger partial charge in [0.2, 0.25) is 11.2 Å². The van der Waals surface area contributed by atoms with Crippen LogP contribution in [0.1, 0.15) is 21.6 Å². The van der Waals surface area contributed by atoms with E-state index in [1.54, 1.807) is 24.4 Å². The number of primary amides is 1. The van der Waals surface area contributed by atoms with Gasteiger partial charge < -0.3 is 5.73 Å². The molecule has 1 aromatic heterocycles. The van der Waals surface area contributed by atoms with Crippen molar-refractivity contribution in [3.05, 3.63) is 58.6 Å². The number of aromatic nitrogens is 2. The average molecular weight is 248 g/mol. The molecule has 5 heteroatoms. The lowest BCUT2D eigenvalue weighted by atomic mass is 10.0. The van der Waals surface area contributed by atoms with Gasteiger partial charge >= 0.3 is 0 Å². The molecule has 0 saturated carbocycles. The van der Waals surface area contributed by atoms with E-state index in [0.29, 0.717) is 12.0 Å². The third kappa shape index (κ3) is 2.79. The minimum atomic E-state index is -0.444. The third-order valence-electron chi connectivity index (χ3n) is 2.34. The number of carbonyl (C=O) groups excluding carboxylic acids is 1. The first kappa shape index (κ1) is 11.5. The van der Waals surface area contributed by atoms with Crippen molar-refractivity contribution in [2.45, 2.75) is 6.42 Å². The molecule has 0 aliphatic rings. The van der Waals surface area contributed by atoms with Gasteiger partial charge in [-0.2, -0.15) is 0 Å². The molecule has 0 aliphatic heterocycles. The van der Waals surface area contributed by atoms with Crippen molar-refractivity contribution in [2.24, 2.45) is 5.73 Å². The van der Waals surface area contributed by atoms with Gasteiger partial charge in [0.1, 0.15) is 0 Å². The molecule has 0 fully saturated rings. The summed E-state index contributed by atoms with van der Waals surface area (Å²) in [5.74, 6) is -0.444. The summed E-state index contributed by atoms with van der Waals surface area (Å²) in [5.41, 5.74) is 7.38. The van der Waals surface area contributed by atoms with Gasteiger partial charge in [0.15, 0.2) is 0 Å². The van der Waals surface area contributed by atoms with E-state index >= 15 is 0 Å². The molecule has 0 saturated heterocycles. The average Bonchev–Trinajstić information content (AvgIpc) is 2.29. The molecule has 1 heterocycles. The Hall–Kier alpha value is -1.94. The number of hydrogen-bond acceptors (Lipinski definition) is 3. The van der Waals surface area contributed by atoms with Crippen molar-refractivity contribution in [2.75, 3.05) is 0 Å². The van der Waals surface area contributed by atoms with Crippen molar-refractivity contribution >= 4 is 17.5 Å². The summed E-state index contributed by atoms with van der Waals surface area (Å²) in [5, 5.41) is 0.194. The van der Waals surface area contributed by atoms with Gasteiger partial charge in [0.25, 0.3) is 0 Å². The highest BCUT2D eigenvalue weighted by Crippen LogP contribution is 2.13. The highest BCUT2D eigenvalue weighted by Gasteiger charge is 2.08. The fraction of sp³-hybridized carbons (Fsp3) is 0.0833. The summed E-state index contributed by atoms with van der Waals surface area (Å²) < 4.78 is 0. The molecule has 0 atom stereocenters. The maximum atomic E-state index is 11.2. The summed E-state index contributed by atoms with van der Waals surface area (Å²) in [4.78, 5) is 19.1. The normalized spacial score (nSPS) is 10.2. The van der Waals surface area contributed by atoms with E-state index in [0.717, 1.165) is 11.3 Å². The standard InChI is InChI=1S/C12H10ClN3O/c13-12-15-6-5-9(16-12)7-8-3-1-2-4-10(8)11(14)17/h1-6H,7H2,(H2,14,17). The summed E-state index contributed by atoms with van der Waals surface area (Å²) >= 11 is 5.70. The third-order valence-corrected chi connectivity index (χ3v) is 2.52. The van der Waals surface area contributed by atoms with Gasteiger partial charge in [-0.1, -0.05) is 18.2 Å². The van der Waals surface area contributed by atoms with Crippen molar-refractivity contribution < 1.29 is 4.79 Å². The first-order valence-electron chi connectivity index (χ1n) is 5.02. The molecule has 4 nitrogen and oxygen atoms in total. The summed E-state index contributed by atoms with van der Waals surface area (Å²) in [6.45, 7) is 0. The topological polar surface area (TPSA) is 68.9 Å². The number of nitrogens with zero attached hydrogens (tertiary/aromatic N) is 2. The van der Waals surface area contributed by atoms with E-state index in [1.807, 2.05) is 12.1 Å². The van der Waals surface area contributed by atoms with Gasteiger partial charge in [0, 0.05) is 23.9 Å². The van der Waals surface area contributed by atoms with Crippen molar-refractivity contribution in [1.29, 1.82) is 0 Å². The van der Waals surface area contributed by atoms with Crippen LogP contribution in [0.4, 0.5) is 0 Å². The second-order valence-electron chi connectivity index (χ2n) is 3.52. The highest BCUT2D eigenvalue weighted by atomic mass is 35.5. The molecule has 0 aliphatic carbocycles. The van der Waals surface area contributed by atoms with E-state index in [2.05, 4.69) is 9.97 Å². The van der Waals surface area contributed by atoms with Gasteiger partial charge in [-0.3, -0.25) is 4.79 Å². The second-order valence-corrected chi connectivity index (χ2v) is 3.85. The minimum absolute atomic E-state index is 0.194. The van der Waals surface area contributed by atoms with E-state index < -0.39 is 5.91 Å². The second kappa shape index (κ2) is 4.93. The zero-order valence-electron chi connectivity index (χ0n) is 8.93. The first-order chi connectivity index (χ1) is 8.16. The Labute approximate surface area is 103 Å². The monoisotopic (exact) mass is 247 g/mol. The molecule has 2 N–H and O–H groups in total. The molecule has 17 heavy (non-hydrogen) atoms. The molecular weight excluding hydrogens is 238 g/mol. The number of carbonyl (C=O) groups is 1. The van der Waals surface area contributed by atoms with E-state index in [9.17, 15) is 4.79 Å².